The molecule has 0 spiro atoms. The van der Waals surface area contributed by atoms with Gasteiger partial charge in [0.2, 0.25) is 0 Å². The Morgan fingerprint density at radius 2 is 1.74 bits per heavy atom. The second-order valence-electron chi connectivity index (χ2n) is 6.54. The van der Waals surface area contributed by atoms with Crippen LogP contribution in [0.4, 0.5) is 0 Å². The number of fused-ring (bicyclic) bond motifs is 2. The molecule has 1 atom stereocenters. The zero-order valence-corrected chi connectivity index (χ0v) is 12.7. The minimum atomic E-state index is -1.49. The maximum atomic E-state index is 2.52. The molecule has 0 saturated carbocycles. The summed E-state index contributed by atoms with van der Waals surface area (Å²) in [6.45, 7) is 5.04. The van der Waals surface area contributed by atoms with Crippen LogP contribution in [-0.4, -0.2) is 8.07 Å². The summed E-state index contributed by atoms with van der Waals surface area (Å²) in [5.74, 6) is 0.677. The van der Waals surface area contributed by atoms with Crippen LogP contribution in [0.25, 0.3) is 0 Å². The maximum absolute atomic E-state index is 2.52. The van der Waals surface area contributed by atoms with Gasteiger partial charge >= 0.3 is 0 Å². The average molecular weight is 264 g/mol. The van der Waals surface area contributed by atoms with Gasteiger partial charge in [-0.3, -0.25) is 0 Å². The molecule has 2 aromatic rings. The molecule has 0 nitrogen and oxygen atoms in total. The molecule has 1 heteroatoms. The molecule has 0 amide bonds. The molecule has 0 saturated heterocycles. The Labute approximate surface area is 116 Å². The highest BCUT2D eigenvalue weighted by molar-refractivity contribution is 7.01. The van der Waals surface area contributed by atoms with Crippen LogP contribution in [0.3, 0.4) is 0 Å². The summed E-state index contributed by atoms with van der Waals surface area (Å²) in [6, 6.07) is 16.3. The van der Waals surface area contributed by atoms with E-state index in [0.29, 0.717) is 5.92 Å². The fraction of sp³-hybridized carbons (Fsp3) is 0.333. The molecule has 0 bridgehead atoms. The first kappa shape index (κ1) is 11.5. The zero-order chi connectivity index (χ0) is 13.0. The minimum Gasteiger partial charge on any atom is -0.0623 e. The third-order valence-electron chi connectivity index (χ3n) is 5.17. The van der Waals surface area contributed by atoms with Gasteiger partial charge in [0.15, 0.2) is 0 Å². The van der Waals surface area contributed by atoms with Gasteiger partial charge in [0.1, 0.15) is 8.07 Å². The zero-order valence-electron chi connectivity index (χ0n) is 11.7. The van der Waals surface area contributed by atoms with Crippen LogP contribution < -0.4 is 10.4 Å². The lowest BCUT2D eigenvalue weighted by Gasteiger charge is -2.41. The van der Waals surface area contributed by atoms with Crippen molar-refractivity contribution < 1.29 is 0 Å². The molecule has 4 rings (SSSR count). The molecule has 0 fully saturated rings. The summed E-state index contributed by atoms with van der Waals surface area (Å²) < 4.78 is 0. The molecule has 19 heavy (non-hydrogen) atoms. The maximum Gasteiger partial charge on any atom is 0.113 e. The van der Waals surface area contributed by atoms with Crippen molar-refractivity contribution in [3.05, 3.63) is 59.2 Å². The number of aryl methyl sites for hydroxylation is 1. The van der Waals surface area contributed by atoms with E-state index in [1.54, 1.807) is 27.1 Å². The fourth-order valence-electron chi connectivity index (χ4n) is 4.25. The van der Waals surface area contributed by atoms with Gasteiger partial charge in [0.25, 0.3) is 0 Å². The molecule has 1 unspecified atom stereocenters. The van der Waals surface area contributed by atoms with Gasteiger partial charge < -0.3 is 0 Å². The smallest absolute Gasteiger partial charge is 0.0623 e. The minimum absolute atomic E-state index is 0.677. The highest BCUT2D eigenvalue weighted by Crippen LogP contribution is 2.39. The second-order valence-corrected chi connectivity index (χ2v) is 10.9. The molecular weight excluding hydrogens is 244 g/mol. The molecule has 2 aromatic carbocycles. The summed E-state index contributed by atoms with van der Waals surface area (Å²) in [7, 11) is -1.49. The van der Waals surface area contributed by atoms with Crippen LogP contribution in [-0.2, 0) is 6.42 Å². The van der Waals surface area contributed by atoms with Crippen molar-refractivity contribution in [2.24, 2.45) is 0 Å². The molecule has 2 aliphatic rings. The predicted octanol–water partition coefficient (Wildman–Crippen LogP) is 3.29. The van der Waals surface area contributed by atoms with Crippen molar-refractivity contribution in [1.29, 1.82) is 0 Å². The van der Waals surface area contributed by atoms with Gasteiger partial charge in [-0.1, -0.05) is 65.9 Å². The van der Waals surface area contributed by atoms with Gasteiger partial charge in [0, 0.05) is 5.92 Å². The number of rotatable bonds is 0. The number of hydrogen-bond acceptors (Lipinski definition) is 0. The Morgan fingerprint density at radius 3 is 2.63 bits per heavy atom. The number of benzene rings is 2. The topological polar surface area (TPSA) is 0 Å². The second kappa shape index (κ2) is 3.83. The normalized spacial score (nSPS) is 22.5. The van der Waals surface area contributed by atoms with Crippen LogP contribution in [0.15, 0.2) is 42.5 Å². The molecule has 1 heterocycles. The van der Waals surface area contributed by atoms with E-state index in [0.717, 1.165) is 0 Å². The van der Waals surface area contributed by atoms with Crippen LogP contribution in [0.5, 0.6) is 0 Å². The summed E-state index contributed by atoms with van der Waals surface area (Å²) in [5, 5.41) is 3.37. The van der Waals surface area contributed by atoms with E-state index in [4.69, 9.17) is 0 Å². The quantitative estimate of drug-likeness (QED) is 0.641. The van der Waals surface area contributed by atoms with Crippen molar-refractivity contribution in [3.63, 3.8) is 0 Å². The van der Waals surface area contributed by atoms with Gasteiger partial charge in [-0.05, 0) is 36.0 Å². The third-order valence-corrected chi connectivity index (χ3v) is 8.75. The van der Waals surface area contributed by atoms with Crippen molar-refractivity contribution >= 4 is 18.4 Å². The summed E-state index contributed by atoms with van der Waals surface area (Å²) in [6.07, 6.45) is 3.97. The largest absolute Gasteiger partial charge is 0.113 e. The lowest BCUT2D eigenvalue weighted by molar-refractivity contribution is 0.618. The molecule has 0 radical (unpaired) electrons. The Balaban J connectivity index is 2.08. The summed E-state index contributed by atoms with van der Waals surface area (Å²) in [5.41, 5.74) is 4.98. The van der Waals surface area contributed by atoms with Gasteiger partial charge in [-0.25, -0.2) is 0 Å². The van der Waals surface area contributed by atoms with Crippen LogP contribution in [0.2, 0.25) is 13.1 Å². The summed E-state index contributed by atoms with van der Waals surface area (Å²) >= 11 is 0. The van der Waals surface area contributed by atoms with E-state index in [2.05, 4.69) is 55.6 Å². The first-order valence-electron chi connectivity index (χ1n) is 7.41. The summed E-state index contributed by atoms with van der Waals surface area (Å²) in [4.78, 5) is 0. The lowest BCUT2D eigenvalue weighted by Crippen LogP contribution is -2.59. The van der Waals surface area contributed by atoms with Crippen LogP contribution in [0.1, 0.15) is 35.4 Å². The van der Waals surface area contributed by atoms with Crippen molar-refractivity contribution in [2.75, 3.05) is 0 Å². The van der Waals surface area contributed by atoms with Crippen molar-refractivity contribution in [1.82, 2.24) is 0 Å². The Hall–Kier alpha value is -1.34. The fourth-order valence-corrected chi connectivity index (χ4v) is 7.56. The predicted molar refractivity (Wildman–Crippen MR) is 84.4 cm³/mol. The molecule has 0 aromatic heterocycles. The molecular formula is C18H20Si. The van der Waals surface area contributed by atoms with Gasteiger partial charge in [0.05, 0.1) is 0 Å². The van der Waals surface area contributed by atoms with E-state index in [1.165, 1.54) is 19.3 Å². The molecule has 1 aliphatic carbocycles. The van der Waals surface area contributed by atoms with Crippen LogP contribution in [0, 0.1) is 0 Å². The van der Waals surface area contributed by atoms with E-state index < -0.39 is 8.07 Å². The highest BCUT2D eigenvalue weighted by atomic mass is 28.3. The van der Waals surface area contributed by atoms with E-state index in [1.807, 2.05) is 0 Å². The van der Waals surface area contributed by atoms with Crippen molar-refractivity contribution in [3.8, 4) is 0 Å². The highest BCUT2D eigenvalue weighted by Gasteiger charge is 2.40. The SMILES string of the molecule is C[Si]1(C)c2ccccc2C2CCCc3cccc1c32. The standard InChI is InChI=1S/C18H20Si/c1-19(2)16-11-4-3-9-14(16)15-10-5-7-13-8-6-12-17(19)18(13)15/h3-4,6,8-9,11-12,15H,5,7,10H2,1-2H3. The average Bonchev–Trinajstić information content (AvgIpc) is 2.45. The molecule has 96 valence electrons. The third kappa shape index (κ3) is 1.45. The van der Waals surface area contributed by atoms with Crippen LogP contribution >= 0.6 is 0 Å². The van der Waals surface area contributed by atoms with E-state index in [-0.39, 0.29) is 0 Å². The van der Waals surface area contributed by atoms with Gasteiger partial charge in [-0.15, -0.1) is 0 Å². The first-order valence-corrected chi connectivity index (χ1v) is 10.4. The first-order chi connectivity index (χ1) is 9.19. The number of hydrogen-bond donors (Lipinski definition) is 0. The molecule has 0 N–H and O–H groups in total. The van der Waals surface area contributed by atoms with E-state index >= 15 is 0 Å². The monoisotopic (exact) mass is 264 g/mol. The van der Waals surface area contributed by atoms with Gasteiger partial charge in [-0.2, -0.15) is 0 Å². The lowest BCUT2D eigenvalue weighted by atomic mass is 9.78. The Bertz CT molecular complexity index is 654. The molecule has 1 aliphatic heterocycles. The Kier molecular flexibility index (Phi) is 2.31. The Morgan fingerprint density at radius 1 is 0.947 bits per heavy atom. The van der Waals surface area contributed by atoms with Crippen molar-refractivity contribution in [2.45, 2.75) is 38.3 Å². The van der Waals surface area contributed by atoms with E-state index in [9.17, 15) is 0 Å².